The Labute approximate surface area is 405 Å². The zero-order valence-corrected chi connectivity index (χ0v) is 41.8. The van der Waals surface area contributed by atoms with Crippen LogP contribution in [0.5, 0.6) is 0 Å². The van der Waals surface area contributed by atoms with E-state index in [0.29, 0.717) is 60.7 Å². The number of thiazole rings is 1. The molecule has 5 rings (SSSR count). The topological polar surface area (TPSA) is 215 Å². The number of esters is 1. The summed E-state index contributed by atoms with van der Waals surface area (Å²) in [7, 11) is 1.95. The number of carbonyl (C=O) groups is 5. The Hall–Kier alpha value is -5.94. The van der Waals surface area contributed by atoms with Gasteiger partial charge in [0.25, 0.3) is 5.91 Å². The molecule has 0 unspecified atom stereocenters. The standard InChI is InChI=1S/C51H71N9O7S/c1-9-34(4)45(55-47(63)42-20-14-15-25-58(42)8)49(64)60(26-16-13-19-39-31-59(57-56-39)30-37-17-11-10-12-18-37)43(33(2)3)28-44(67-35(5)61)48-54-41(32-68-48)46(62)53-40(29-51(6,7)50(65)66)27-36-21-23-38(52)24-22-36/h10-12,17-18,21-24,27,31-34,42-45H,9,13-16,19-20,25-26,28-30,52H2,1-8H3,(H,53,62)(H,55,63)(H,65,66)/b40-27+/t34-,42+,43+,44+,45-/m0/s1. The maximum absolute atomic E-state index is 15.2. The molecule has 0 spiro atoms. The number of carbonyl (C=O) groups excluding carboxylic acids is 4. The monoisotopic (exact) mass is 954 g/mol. The first kappa shape index (κ1) is 53.0. The Morgan fingerprint density at radius 1 is 1.04 bits per heavy atom. The number of amides is 3. The van der Waals surface area contributed by atoms with E-state index in [-0.39, 0.29) is 48.2 Å². The minimum Gasteiger partial charge on any atom is -0.481 e. The van der Waals surface area contributed by atoms with Crippen molar-refractivity contribution >= 4 is 52.8 Å². The SMILES string of the molecule is CC[C@H](C)[C@H](NC(=O)[C@H]1CCCCN1C)C(=O)N(CCCCc1cn(Cc2ccccc2)nn1)[C@H](C[C@@H](OC(C)=O)c1nc(C(=O)N/C(=C/c2ccc(N)cc2)CC(C)(C)C(=O)O)cs1)C(C)C. The molecule has 0 aliphatic carbocycles. The lowest BCUT2D eigenvalue weighted by Crippen LogP contribution is -2.59. The van der Waals surface area contributed by atoms with E-state index in [1.165, 1.54) is 6.92 Å². The van der Waals surface area contributed by atoms with Gasteiger partial charge in [-0.1, -0.05) is 88.2 Å². The number of hydrogen-bond donors (Lipinski definition) is 4. The molecule has 1 saturated heterocycles. The van der Waals surface area contributed by atoms with Crippen LogP contribution in [0.1, 0.15) is 138 Å². The second-order valence-corrected chi connectivity index (χ2v) is 20.0. The summed E-state index contributed by atoms with van der Waals surface area (Å²) in [6.07, 6.45) is 8.22. The van der Waals surface area contributed by atoms with Crippen LogP contribution in [-0.4, -0.2) is 103 Å². The predicted octanol–water partition coefficient (Wildman–Crippen LogP) is 7.52. The Balaban J connectivity index is 1.41. The summed E-state index contributed by atoms with van der Waals surface area (Å²) >= 11 is 1.16. The molecule has 4 aromatic rings. The van der Waals surface area contributed by atoms with Crippen LogP contribution in [0.2, 0.25) is 0 Å². The molecule has 5 N–H and O–H groups in total. The molecular formula is C51H71N9O7S. The Kier molecular flexibility index (Phi) is 19.4. The highest BCUT2D eigenvalue weighted by molar-refractivity contribution is 7.09. The van der Waals surface area contributed by atoms with E-state index in [1.54, 1.807) is 49.6 Å². The number of hydrogen-bond acceptors (Lipinski definition) is 12. The summed E-state index contributed by atoms with van der Waals surface area (Å²) in [6, 6.07) is 15.4. The number of carboxylic acids is 1. The molecule has 3 heterocycles. The van der Waals surface area contributed by atoms with E-state index in [2.05, 4.69) is 30.8 Å². The number of aryl methyl sites for hydroxylation is 1. The fourth-order valence-electron chi connectivity index (χ4n) is 8.45. The van der Waals surface area contributed by atoms with Gasteiger partial charge in [0, 0.05) is 55.3 Å². The molecular weight excluding hydrogens is 883 g/mol. The Bertz CT molecular complexity index is 2330. The largest absolute Gasteiger partial charge is 0.481 e. The third kappa shape index (κ3) is 15.3. The minimum atomic E-state index is -1.21. The molecule has 17 heteroatoms. The Morgan fingerprint density at radius 3 is 2.41 bits per heavy atom. The number of nitrogens with zero attached hydrogens (tertiary/aromatic N) is 6. The number of nitrogens with two attached hydrogens (primary N) is 1. The summed E-state index contributed by atoms with van der Waals surface area (Å²) in [5, 5.41) is 26.7. The van der Waals surface area contributed by atoms with Crippen molar-refractivity contribution in [3.05, 3.63) is 99.4 Å². The molecule has 0 saturated carbocycles. The molecule has 1 aliphatic rings. The van der Waals surface area contributed by atoms with Crippen molar-refractivity contribution < 1.29 is 33.8 Å². The van der Waals surface area contributed by atoms with Crippen LogP contribution in [0.3, 0.4) is 0 Å². The van der Waals surface area contributed by atoms with Gasteiger partial charge in [0.1, 0.15) is 16.7 Å². The highest BCUT2D eigenvalue weighted by atomic mass is 32.1. The van der Waals surface area contributed by atoms with Gasteiger partial charge in [0.15, 0.2) is 6.10 Å². The highest BCUT2D eigenvalue weighted by Crippen LogP contribution is 2.33. The number of likely N-dealkylation sites (N-methyl/N-ethyl adjacent to an activating group) is 1. The number of nitrogens with one attached hydrogen (secondary N) is 2. The number of carboxylic acid groups (broad SMARTS) is 1. The average molecular weight is 954 g/mol. The fraction of sp³-hybridized carbons (Fsp3) is 0.529. The lowest BCUT2D eigenvalue weighted by molar-refractivity contribution is -0.150. The van der Waals surface area contributed by atoms with Gasteiger partial charge in [-0.2, -0.15) is 0 Å². The van der Waals surface area contributed by atoms with Crippen LogP contribution in [0.25, 0.3) is 6.08 Å². The summed E-state index contributed by atoms with van der Waals surface area (Å²) < 4.78 is 7.79. The second kappa shape index (κ2) is 24.9. The van der Waals surface area contributed by atoms with Crippen molar-refractivity contribution in [2.75, 3.05) is 25.9 Å². The van der Waals surface area contributed by atoms with Gasteiger partial charge in [-0.25, -0.2) is 9.67 Å². The molecule has 3 amide bonds. The summed E-state index contributed by atoms with van der Waals surface area (Å²) in [5.41, 5.74) is 8.34. The second-order valence-electron chi connectivity index (χ2n) is 19.1. The fourth-order valence-corrected chi connectivity index (χ4v) is 9.29. The predicted molar refractivity (Wildman–Crippen MR) is 264 cm³/mol. The zero-order valence-electron chi connectivity index (χ0n) is 40.9. The van der Waals surface area contributed by atoms with Gasteiger partial charge in [0.05, 0.1) is 23.7 Å². The summed E-state index contributed by atoms with van der Waals surface area (Å²) in [6.45, 7) is 14.3. The molecule has 5 atom stereocenters. The van der Waals surface area contributed by atoms with Crippen LogP contribution in [-0.2, 0) is 36.9 Å². The van der Waals surface area contributed by atoms with E-state index in [0.717, 1.165) is 48.4 Å². The molecule has 2 aromatic heterocycles. The molecule has 2 aromatic carbocycles. The average Bonchev–Trinajstić information content (AvgIpc) is 3.98. The van der Waals surface area contributed by atoms with Crippen LogP contribution in [0.15, 0.2) is 71.9 Å². The first-order valence-corrected chi connectivity index (χ1v) is 24.7. The number of ether oxygens (including phenoxy) is 1. The number of allylic oxidation sites excluding steroid dienone is 1. The van der Waals surface area contributed by atoms with Gasteiger partial charge in [-0.3, -0.25) is 28.9 Å². The van der Waals surface area contributed by atoms with E-state index in [4.69, 9.17) is 10.5 Å². The number of likely N-dealkylation sites (tertiary alicyclic amines) is 1. The molecule has 1 fully saturated rings. The van der Waals surface area contributed by atoms with Crippen LogP contribution in [0, 0.1) is 17.3 Å². The first-order valence-electron chi connectivity index (χ1n) is 23.8. The van der Waals surface area contributed by atoms with Gasteiger partial charge >= 0.3 is 11.9 Å². The number of aromatic nitrogens is 4. The van der Waals surface area contributed by atoms with E-state index in [9.17, 15) is 24.3 Å². The molecule has 68 heavy (non-hydrogen) atoms. The van der Waals surface area contributed by atoms with Gasteiger partial charge in [0.2, 0.25) is 11.8 Å². The quantitative estimate of drug-likeness (QED) is 0.0305. The molecule has 0 radical (unpaired) electrons. The lowest BCUT2D eigenvalue weighted by Gasteiger charge is -2.40. The van der Waals surface area contributed by atoms with E-state index >= 15 is 4.79 Å². The smallest absolute Gasteiger partial charge is 0.309 e. The maximum atomic E-state index is 15.2. The molecule has 368 valence electrons. The van der Waals surface area contributed by atoms with E-state index < -0.39 is 41.4 Å². The molecule has 1 aliphatic heterocycles. The van der Waals surface area contributed by atoms with Crippen molar-refractivity contribution in [1.29, 1.82) is 0 Å². The van der Waals surface area contributed by atoms with E-state index in [1.807, 2.05) is 80.9 Å². The van der Waals surface area contributed by atoms with Crippen molar-refractivity contribution in [3.8, 4) is 0 Å². The van der Waals surface area contributed by atoms with Crippen molar-refractivity contribution in [2.24, 2.45) is 17.3 Å². The van der Waals surface area contributed by atoms with Crippen molar-refractivity contribution in [1.82, 2.24) is 40.4 Å². The summed E-state index contributed by atoms with van der Waals surface area (Å²) in [5.74, 6) is -2.82. The van der Waals surface area contributed by atoms with Gasteiger partial charge in [-0.05, 0) is 101 Å². The van der Waals surface area contributed by atoms with Gasteiger partial charge in [-0.15, -0.1) is 16.4 Å². The van der Waals surface area contributed by atoms with Crippen LogP contribution >= 0.6 is 11.3 Å². The zero-order chi connectivity index (χ0) is 49.5. The van der Waals surface area contributed by atoms with Gasteiger partial charge < -0.3 is 31.1 Å². The lowest BCUT2D eigenvalue weighted by atomic mass is 9.87. The third-order valence-corrected chi connectivity index (χ3v) is 13.7. The number of aliphatic carboxylic acids is 1. The van der Waals surface area contributed by atoms with Crippen LogP contribution in [0.4, 0.5) is 5.69 Å². The number of benzene rings is 2. The number of unbranched alkanes of at least 4 members (excludes halogenated alkanes) is 1. The normalized spacial score (nSPS) is 16.4. The van der Waals surface area contributed by atoms with Crippen LogP contribution < -0.4 is 16.4 Å². The molecule has 0 bridgehead atoms. The highest BCUT2D eigenvalue weighted by Gasteiger charge is 2.39. The first-order chi connectivity index (χ1) is 32.3. The maximum Gasteiger partial charge on any atom is 0.309 e. The number of anilines is 1. The Morgan fingerprint density at radius 2 is 1.76 bits per heavy atom. The number of rotatable bonds is 24. The van der Waals surface area contributed by atoms with Crippen molar-refractivity contribution in [3.63, 3.8) is 0 Å². The number of piperidine rings is 1. The number of nitrogen functional groups attached to an aromatic ring is 1. The molecule has 16 nitrogen and oxygen atoms in total. The minimum absolute atomic E-state index is 0.00923. The summed E-state index contributed by atoms with van der Waals surface area (Å²) in [4.78, 5) is 76.6. The third-order valence-electron chi connectivity index (χ3n) is 12.7. The van der Waals surface area contributed by atoms with Crippen molar-refractivity contribution in [2.45, 2.75) is 137 Å².